The standard InChI is InChI=1S/C10H17N3O/c1-6(2)8-9(14)7(3)11-10(12-8)13(4)5/h6,14H,1-5H3. The first-order chi connectivity index (χ1) is 6.43. The van der Waals surface area contributed by atoms with E-state index in [-0.39, 0.29) is 11.7 Å². The highest BCUT2D eigenvalue weighted by Crippen LogP contribution is 2.27. The maximum atomic E-state index is 9.73. The van der Waals surface area contributed by atoms with Gasteiger partial charge in [-0.1, -0.05) is 13.8 Å². The normalized spacial score (nSPS) is 10.7. The number of hydrogen-bond acceptors (Lipinski definition) is 4. The fourth-order valence-electron chi connectivity index (χ4n) is 1.18. The van der Waals surface area contributed by atoms with Crippen LogP contribution in [0, 0.1) is 6.92 Å². The van der Waals surface area contributed by atoms with Crippen LogP contribution in [-0.2, 0) is 0 Å². The SMILES string of the molecule is Cc1nc(N(C)C)nc(C(C)C)c1O. The lowest BCUT2D eigenvalue weighted by molar-refractivity contribution is 0.451. The molecule has 0 aromatic carbocycles. The molecule has 78 valence electrons. The van der Waals surface area contributed by atoms with Crippen molar-refractivity contribution in [2.45, 2.75) is 26.7 Å². The molecule has 0 amide bonds. The van der Waals surface area contributed by atoms with Crippen LogP contribution in [0.2, 0.25) is 0 Å². The van der Waals surface area contributed by atoms with Gasteiger partial charge in [0.1, 0.15) is 0 Å². The van der Waals surface area contributed by atoms with E-state index in [1.165, 1.54) is 0 Å². The summed E-state index contributed by atoms with van der Waals surface area (Å²) in [5.74, 6) is 1.06. The summed E-state index contributed by atoms with van der Waals surface area (Å²) in [5, 5.41) is 9.73. The van der Waals surface area contributed by atoms with E-state index in [0.717, 1.165) is 0 Å². The van der Waals surface area contributed by atoms with Gasteiger partial charge in [0.15, 0.2) is 5.75 Å². The highest BCUT2D eigenvalue weighted by atomic mass is 16.3. The molecule has 0 aliphatic heterocycles. The average molecular weight is 195 g/mol. The average Bonchev–Trinajstić information content (AvgIpc) is 2.08. The molecule has 0 aliphatic carbocycles. The van der Waals surface area contributed by atoms with Gasteiger partial charge in [0.2, 0.25) is 5.95 Å². The fraction of sp³-hybridized carbons (Fsp3) is 0.600. The molecule has 0 fully saturated rings. The molecule has 0 aliphatic rings. The van der Waals surface area contributed by atoms with Crippen molar-refractivity contribution in [1.82, 2.24) is 9.97 Å². The van der Waals surface area contributed by atoms with Gasteiger partial charge in [-0.05, 0) is 12.8 Å². The topological polar surface area (TPSA) is 49.2 Å². The lowest BCUT2D eigenvalue weighted by Crippen LogP contribution is -2.14. The van der Waals surface area contributed by atoms with Gasteiger partial charge in [-0.3, -0.25) is 0 Å². The molecular formula is C10H17N3O. The molecule has 0 atom stereocenters. The molecule has 14 heavy (non-hydrogen) atoms. The highest BCUT2D eigenvalue weighted by molar-refractivity contribution is 5.40. The van der Waals surface area contributed by atoms with E-state index in [0.29, 0.717) is 17.3 Å². The Bertz CT molecular complexity index is 334. The highest BCUT2D eigenvalue weighted by Gasteiger charge is 2.14. The Labute approximate surface area is 84.6 Å². The third-order valence-electron chi connectivity index (χ3n) is 2.02. The molecule has 1 rings (SSSR count). The Hall–Kier alpha value is -1.32. The Morgan fingerprint density at radius 2 is 1.79 bits per heavy atom. The molecular weight excluding hydrogens is 178 g/mol. The summed E-state index contributed by atoms with van der Waals surface area (Å²) in [6, 6.07) is 0. The second-order valence-electron chi connectivity index (χ2n) is 3.89. The number of rotatable bonds is 2. The number of aromatic hydroxyl groups is 1. The minimum Gasteiger partial charge on any atom is -0.504 e. The van der Waals surface area contributed by atoms with Crippen LogP contribution < -0.4 is 4.90 Å². The van der Waals surface area contributed by atoms with Crippen molar-refractivity contribution in [2.75, 3.05) is 19.0 Å². The van der Waals surface area contributed by atoms with Gasteiger partial charge in [0.05, 0.1) is 11.4 Å². The number of aromatic nitrogens is 2. The molecule has 1 heterocycles. The molecule has 0 bridgehead atoms. The van der Waals surface area contributed by atoms with Crippen molar-refractivity contribution in [3.63, 3.8) is 0 Å². The van der Waals surface area contributed by atoms with E-state index in [4.69, 9.17) is 0 Å². The Balaban J connectivity index is 3.28. The largest absolute Gasteiger partial charge is 0.504 e. The summed E-state index contributed by atoms with van der Waals surface area (Å²) in [4.78, 5) is 10.3. The minimum absolute atomic E-state index is 0.204. The smallest absolute Gasteiger partial charge is 0.225 e. The summed E-state index contributed by atoms with van der Waals surface area (Å²) >= 11 is 0. The Morgan fingerprint density at radius 3 is 2.21 bits per heavy atom. The molecule has 0 spiro atoms. The maximum absolute atomic E-state index is 9.73. The Morgan fingerprint density at radius 1 is 1.21 bits per heavy atom. The van der Waals surface area contributed by atoms with Gasteiger partial charge < -0.3 is 10.0 Å². The molecule has 0 radical (unpaired) electrons. The van der Waals surface area contributed by atoms with E-state index in [9.17, 15) is 5.11 Å². The first-order valence-electron chi connectivity index (χ1n) is 4.68. The number of anilines is 1. The van der Waals surface area contributed by atoms with E-state index >= 15 is 0 Å². The zero-order valence-electron chi connectivity index (χ0n) is 9.37. The first-order valence-corrected chi connectivity index (χ1v) is 4.68. The van der Waals surface area contributed by atoms with Crippen LogP contribution in [0.3, 0.4) is 0 Å². The predicted octanol–water partition coefficient (Wildman–Crippen LogP) is 1.68. The van der Waals surface area contributed by atoms with Crippen LogP contribution in [-0.4, -0.2) is 29.2 Å². The third kappa shape index (κ3) is 1.95. The molecule has 4 nitrogen and oxygen atoms in total. The molecule has 1 N–H and O–H groups in total. The van der Waals surface area contributed by atoms with Gasteiger partial charge >= 0.3 is 0 Å². The van der Waals surface area contributed by atoms with Crippen LogP contribution in [0.25, 0.3) is 0 Å². The van der Waals surface area contributed by atoms with Gasteiger partial charge in [0.25, 0.3) is 0 Å². The molecule has 0 unspecified atom stereocenters. The summed E-state index contributed by atoms with van der Waals surface area (Å²) < 4.78 is 0. The number of hydrogen-bond donors (Lipinski definition) is 1. The summed E-state index contributed by atoms with van der Waals surface area (Å²) in [7, 11) is 3.77. The summed E-state index contributed by atoms with van der Waals surface area (Å²) in [5.41, 5.74) is 1.34. The Kier molecular flexibility index (Phi) is 2.93. The maximum Gasteiger partial charge on any atom is 0.225 e. The molecule has 4 heteroatoms. The van der Waals surface area contributed by atoms with E-state index in [1.807, 2.05) is 32.8 Å². The zero-order valence-corrected chi connectivity index (χ0v) is 9.37. The van der Waals surface area contributed by atoms with Crippen molar-refractivity contribution in [2.24, 2.45) is 0 Å². The van der Waals surface area contributed by atoms with Gasteiger partial charge in [-0.25, -0.2) is 9.97 Å². The third-order valence-corrected chi connectivity index (χ3v) is 2.02. The first kappa shape index (κ1) is 10.8. The van der Waals surface area contributed by atoms with E-state index in [1.54, 1.807) is 6.92 Å². The zero-order chi connectivity index (χ0) is 10.9. The van der Waals surface area contributed by atoms with Crippen molar-refractivity contribution >= 4 is 5.95 Å². The van der Waals surface area contributed by atoms with Crippen molar-refractivity contribution in [3.05, 3.63) is 11.4 Å². The molecule has 0 saturated carbocycles. The van der Waals surface area contributed by atoms with Crippen LogP contribution in [0.1, 0.15) is 31.2 Å². The fourth-order valence-corrected chi connectivity index (χ4v) is 1.18. The monoisotopic (exact) mass is 195 g/mol. The molecule has 1 aromatic rings. The van der Waals surface area contributed by atoms with Crippen LogP contribution in [0.5, 0.6) is 5.75 Å². The van der Waals surface area contributed by atoms with E-state index < -0.39 is 0 Å². The van der Waals surface area contributed by atoms with Crippen molar-refractivity contribution in [3.8, 4) is 5.75 Å². The second-order valence-corrected chi connectivity index (χ2v) is 3.89. The van der Waals surface area contributed by atoms with E-state index in [2.05, 4.69) is 9.97 Å². The molecule has 0 saturated heterocycles. The quantitative estimate of drug-likeness (QED) is 0.780. The lowest BCUT2D eigenvalue weighted by atomic mass is 10.1. The summed E-state index contributed by atoms with van der Waals surface area (Å²) in [6.07, 6.45) is 0. The van der Waals surface area contributed by atoms with Gasteiger partial charge in [-0.15, -0.1) is 0 Å². The number of nitrogens with zero attached hydrogens (tertiary/aromatic N) is 3. The number of aryl methyl sites for hydroxylation is 1. The lowest BCUT2D eigenvalue weighted by Gasteiger charge is -2.15. The predicted molar refractivity (Wildman–Crippen MR) is 56.8 cm³/mol. The minimum atomic E-state index is 0.204. The van der Waals surface area contributed by atoms with Crippen LogP contribution in [0.4, 0.5) is 5.95 Å². The van der Waals surface area contributed by atoms with Crippen LogP contribution >= 0.6 is 0 Å². The second kappa shape index (κ2) is 3.82. The molecule has 1 aromatic heterocycles. The van der Waals surface area contributed by atoms with Crippen molar-refractivity contribution in [1.29, 1.82) is 0 Å². The summed E-state index contributed by atoms with van der Waals surface area (Å²) in [6.45, 7) is 5.79. The van der Waals surface area contributed by atoms with Gasteiger partial charge in [-0.2, -0.15) is 0 Å². The van der Waals surface area contributed by atoms with Crippen molar-refractivity contribution < 1.29 is 5.11 Å². The van der Waals surface area contributed by atoms with Gasteiger partial charge in [0, 0.05) is 14.1 Å². The van der Waals surface area contributed by atoms with Crippen LogP contribution in [0.15, 0.2) is 0 Å².